The topological polar surface area (TPSA) is 50.9 Å². The highest BCUT2D eigenvalue weighted by atomic mass is 35.5. The zero-order valence-electron chi connectivity index (χ0n) is 8.31. The molecule has 80 valence electrons. The quantitative estimate of drug-likeness (QED) is 0.877. The predicted molar refractivity (Wildman–Crippen MR) is 59.1 cm³/mol. The van der Waals surface area contributed by atoms with Gasteiger partial charge in [0.1, 0.15) is 6.10 Å². The molecule has 0 radical (unpaired) electrons. The second kappa shape index (κ2) is 3.92. The molecule has 4 nitrogen and oxygen atoms in total. The second-order valence-electron chi connectivity index (χ2n) is 3.28. The third-order valence-corrected chi connectivity index (χ3v) is 3.97. The first kappa shape index (κ1) is 10.6. The van der Waals surface area contributed by atoms with Crippen molar-refractivity contribution in [1.82, 2.24) is 15.0 Å². The van der Waals surface area contributed by atoms with Crippen LogP contribution in [-0.4, -0.2) is 20.1 Å². The predicted octanol–water partition coefficient (Wildman–Crippen LogP) is 1.92. The van der Waals surface area contributed by atoms with Crippen LogP contribution in [0.15, 0.2) is 11.6 Å². The van der Waals surface area contributed by atoms with E-state index in [9.17, 15) is 5.11 Å². The largest absolute Gasteiger partial charge is 0.381 e. The number of halogens is 1. The molecule has 0 aliphatic rings. The maximum atomic E-state index is 10.1. The minimum absolute atomic E-state index is 0.619. The highest BCUT2D eigenvalue weighted by Gasteiger charge is 2.20. The summed E-state index contributed by atoms with van der Waals surface area (Å²) in [4.78, 5) is 0.736. The van der Waals surface area contributed by atoms with Crippen molar-refractivity contribution < 1.29 is 5.11 Å². The summed E-state index contributed by atoms with van der Waals surface area (Å²) in [6, 6.07) is 0. The molecule has 0 aliphatic heterocycles. The van der Waals surface area contributed by atoms with Gasteiger partial charge in [0.15, 0.2) is 0 Å². The number of hydrogen-bond donors (Lipinski definition) is 1. The van der Waals surface area contributed by atoms with E-state index in [1.807, 2.05) is 12.3 Å². The zero-order valence-corrected chi connectivity index (χ0v) is 9.88. The Morgan fingerprint density at radius 3 is 2.80 bits per heavy atom. The Morgan fingerprint density at radius 2 is 2.33 bits per heavy atom. The third kappa shape index (κ3) is 1.78. The lowest BCUT2D eigenvalue weighted by Gasteiger charge is -2.08. The van der Waals surface area contributed by atoms with Crippen molar-refractivity contribution in [2.75, 3.05) is 0 Å². The molecule has 0 saturated carbocycles. The fourth-order valence-electron chi connectivity index (χ4n) is 1.31. The summed E-state index contributed by atoms with van der Waals surface area (Å²) in [6.45, 7) is 1.91. The minimum atomic E-state index is -0.754. The van der Waals surface area contributed by atoms with Gasteiger partial charge in [0.25, 0.3) is 0 Å². The lowest BCUT2D eigenvalue weighted by Crippen LogP contribution is -2.05. The van der Waals surface area contributed by atoms with Gasteiger partial charge in [0, 0.05) is 7.05 Å². The first-order chi connectivity index (χ1) is 7.11. The van der Waals surface area contributed by atoms with Crippen molar-refractivity contribution in [2.45, 2.75) is 13.0 Å². The van der Waals surface area contributed by atoms with Crippen LogP contribution in [0, 0.1) is 6.92 Å². The molecule has 1 N–H and O–H groups in total. The summed E-state index contributed by atoms with van der Waals surface area (Å²) in [6.07, 6.45) is 0.784. The van der Waals surface area contributed by atoms with Gasteiger partial charge in [-0.1, -0.05) is 16.8 Å². The summed E-state index contributed by atoms with van der Waals surface area (Å²) < 4.78 is 1.54. The van der Waals surface area contributed by atoms with Gasteiger partial charge in [-0.25, -0.2) is 4.68 Å². The first-order valence-electron chi connectivity index (χ1n) is 4.37. The number of aliphatic hydroxyl groups is 1. The molecule has 0 aromatic carbocycles. The van der Waals surface area contributed by atoms with Gasteiger partial charge in [-0.05, 0) is 17.9 Å². The molecule has 2 aromatic rings. The van der Waals surface area contributed by atoms with Crippen molar-refractivity contribution in [3.8, 4) is 0 Å². The summed E-state index contributed by atoms with van der Waals surface area (Å²) in [5.74, 6) is 0. The summed E-state index contributed by atoms with van der Waals surface area (Å²) in [7, 11) is 1.74. The number of aliphatic hydroxyl groups excluding tert-OH is 1. The van der Waals surface area contributed by atoms with Crippen molar-refractivity contribution in [3.05, 3.63) is 32.7 Å². The molecule has 0 fully saturated rings. The van der Waals surface area contributed by atoms with E-state index < -0.39 is 6.10 Å². The molecule has 0 bridgehead atoms. The van der Waals surface area contributed by atoms with Crippen LogP contribution in [0.25, 0.3) is 0 Å². The second-order valence-corrected chi connectivity index (χ2v) is 4.57. The van der Waals surface area contributed by atoms with Crippen molar-refractivity contribution in [3.63, 3.8) is 0 Å². The monoisotopic (exact) mass is 243 g/mol. The lowest BCUT2D eigenvalue weighted by molar-refractivity contribution is 0.213. The van der Waals surface area contributed by atoms with Crippen LogP contribution >= 0.6 is 22.9 Å². The highest BCUT2D eigenvalue weighted by Crippen LogP contribution is 2.34. The van der Waals surface area contributed by atoms with E-state index in [-0.39, 0.29) is 0 Å². The van der Waals surface area contributed by atoms with Crippen LogP contribution in [0.2, 0.25) is 5.02 Å². The maximum Gasteiger partial charge on any atom is 0.133 e. The van der Waals surface area contributed by atoms with Crippen LogP contribution in [0.3, 0.4) is 0 Å². The number of rotatable bonds is 2. The smallest absolute Gasteiger partial charge is 0.133 e. The normalized spacial score (nSPS) is 13.1. The number of thiophene rings is 1. The number of nitrogens with zero attached hydrogens (tertiary/aromatic N) is 3. The SMILES string of the molecule is Cc1csc(C(O)c2cnnn2C)c1Cl. The molecule has 0 amide bonds. The number of aromatic nitrogens is 3. The Hall–Kier alpha value is -0.910. The Labute approximate surface area is 96.1 Å². The van der Waals surface area contributed by atoms with Crippen molar-refractivity contribution in [2.24, 2.45) is 7.05 Å². The minimum Gasteiger partial charge on any atom is -0.381 e. The van der Waals surface area contributed by atoms with Gasteiger partial charge in [-0.2, -0.15) is 0 Å². The molecule has 6 heteroatoms. The highest BCUT2D eigenvalue weighted by molar-refractivity contribution is 7.10. The van der Waals surface area contributed by atoms with Gasteiger partial charge in [0.05, 0.1) is 21.8 Å². The zero-order chi connectivity index (χ0) is 11.0. The molecular formula is C9H10ClN3OS. The Balaban J connectivity index is 2.41. The van der Waals surface area contributed by atoms with Gasteiger partial charge < -0.3 is 5.11 Å². The number of aryl methyl sites for hydroxylation is 2. The Morgan fingerprint density at radius 1 is 1.60 bits per heavy atom. The average Bonchev–Trinajstić information content (AvgIpc) is 2.75. The Kier molecular flexibility index (Phi) is 2.77. The van der Waals surface area contributed by atoms with Gasteiger partial charge >= 0.3 is 0 Å². The van der Waals surface area contributed by atoms with Crippen LogP contribution in [0.1, 0.15) is 22.2 Å². The lowest BCUT2D eigenvalue weighted by atomic mass is 10.2. The molecule has 0 saturated heterocycles. The van der Waals surface area contributed by atoms with Crippen molar-refractivity contribution >= 4 is 22.9 Å². The molecule has 15 heavy (non-hydrogen) atoms. The van der Waals surface area contributed by atoms with Gasteiger partial charge in [0.2, 0.25) is 0 Å². The maximum absolute atomic E-state index is 10.1. The summed E-state index contributed by atoms with van der Waals surface area (Å²) >= 11 is 7.51. The molecule has 0 aliphatic carbocycles. The van der Waals surface area contributed by atoms with Gasteiger partial charge in [-0.3, -0.25) is 0 Å². The van der Waals surface area contributed by atoms with Gasteiger partial charge in [-0.15, -0.1) is 16.4 Å². The first-order valence-corrected chi connectivity index (χ1v) is 5.63. The fourth-order valence-corrected chi connectivity index (χ4v) is 2.61. The molecule has 2 aromatic heterocycles. The number of hydrogen-bond acceptors (Lipinski definition) is 4. The van der Waals surface area contributed by atoms with Crippen molar-refractivity contribution in [1.29, 1.82) is 0 Å². The van der Waals surface area contributed by atoms with E-state index in [0.717, 1.165) is 10.4 Å². The molecule has 0 spiro atoms. The third-order valence-electron chi connectivity index (χ3n) is 2.20. The molecule has 1 unspecified atom stereocenters. The van der Waals surface area contributed by atoms with Crippen LogP contribution in [-0.2, 0) is 7.05 Å². The Bertz CT molecular complexity index is 479. The molecule has 2 heterocycles. The van der Waals surface area contributed by atoms with E-state index in [1.165, 1.54) is 22.2 Å². The van der Waals surface area contributed by atoms with E-state index in [4.69, 9.17) is 11.6 Å². The van der Waals surface area contributed by atoms with E-state index >= 15 is 0 Å². The van der Waals surface area contributed by atoms with Crippen LogP contribution in [0.4, 0.5) is 0 Å². The molecule has 1 atom stereocenters. The standard InChI is InChI=1S/C9H10ClN3OS/c1-5-4-15-9(7(5)10)8(14)6-3-11-12-13(6)2/h3-4,8,14H,1-2H3. The molecular weight excluding hydrogens is 234 g/mol. The summed E-state index contributed by atoms with van der Waals surface area (Å²) in [5.41, 5.74) is 1.62. The fraction of sp³-hybridized carbons (Fsp3) is 0.333. The van der Waals surface area contributed by atoms with Crippen LogP contribution in [0.5, 0.6) is 0 Å². The van der Waals surface area contributed by atoms with E-state index in [0.29, 0.717) is 10.7 Å². The average molecular weight is 244 g/mol. The van der Waals surface area contributed by atoms with E-state index in [2.05, 4.69) is 10.3 Å². The summed E-state index contributed by atoms with van der Waals surface area (Å²) in [5, 5.41) is 20.1. The van der Waals surface area contributed by atoms with Crippen LogP contribution < -0.4 is 0 Å². The van der Waals surface area contributed by atoms with E-state index in [1.54, 1.807) is 7.05 Å². The molecule has 2 rings (SSSR count).